The van der Waals surface area contributed by atoms with Crippen LogP contribution in [0.25, 0.3) is 0 Å². The minimum atomic E-state index is 0.357. The number of aromatic nitrogens is 1. The average molecular weight is 206 g/mol. The lowest BCUT2D eigenvalue weighted by molar-refractivity contribution is 0.403. The molecule has 0 saturated heterocycles. The molecule has 2 rings (SSSR count). The number of pyridine rings is 1. The number of nitrogens with zero attached hydrogens (tertiary/aromatic N) is 1. The van der Waals surface area contributed by atoms with Gasteiger partial charge in [-0.2, -0.15) is 0 Å². The maximum absolute atomic E-state index is 5.33. The lowest BCUT2D eigenvalue weighted by atomic mass is 10.2. The van der Waals surface area contributed by atoms with Crippen molar-refractivity contribution >= 4 is 0 Å². The highest BCUT2D eigenvalue weighted by Crippen LogP contribution is 2.35. The van der Waals surface area contributed by atoms with Gasteiger partial charge in [0.05, 0.1) is 7.11 Å². The van der Waals surface area contributed by atoms with Crippen LogP contribution in [0.4, 0.5) is 0 Å². The molecule has 0 unspecified atom stereocenters. The molecule has 1 aliphatic rings. The van der Waals surface area contributed by atoms with Crippen LogP contribution in [0, 0.1) is 6.92 Å². The van der Waals surface area contributed by atoms with Gasteiger partial charge in [0.25, 0.3) is 0 Å². The van der Waals surface area contributed by atoms with Crippen molar-refractivity contribution in [1.82, 2.24) is 10.3 Å². The largest absolute Gasteiger partial charge is 0.496 e. The molecule has 1 N–H and O–H groups in total. The molecule has 3 heteroatoms. The molecule has 0 bridgehead atoms. The van der Waals surface area contributed by atoms with Crippen LogP contribution in [0.15, 0.2) is 12.3 Å². The van der Waals surface area contributed by atoms with Crippen molar-refractivity contribution < 1.29 is 4.74 Å². The molecule has 1 aliphatic carbocycles. The molecule has 1 aromatic rings. The van der Waals surface area contributed by atoms with Crippen molar-refractivity contribution in [3.05, 3.63) is 23.5 Å². The van der Waals surface area contributed by atoms with E-state index < -0.39 is 0 Å². The summed E-state index contributed by atoms with van der Waals surface area (Å²) in [4.78, 5) is 4.29. The summed E-state index contributed by atoms with van der Waals surface area (Å²) in [5, 5.41) is 3.52. The SMILES string of the molecule is COc1cc(C)ncc1CNC1(C)CC1. The maximum atomic E-state index is 5.33. The molecule has 15 heavy (non-hydrogen) atoms. The Bertz CT molecular complexity index is 359. The number of methoxy groups -OCH3 is 1. The number of hydrogen-bond donors (Lipinski definition) is 1. The third-order valence-corrected chi connectivity index (χ3v) is 3.01. The van der Waals surface area contributed by atoms with Gasteiger partial charge in [-0.3, -0.25) is 4.98 Å². The Morgan fingerprint density at radius 1 is 1.53 bits per heavy atom. The molecule has 0 amide bonds. The van der Waals surface area contributed by atoms with E-state index in [1.54, 1.807) is 7.11 Å². The van der Waals surface area contributed by atoms with Gasteiger partial charge >= 0.3 is 0 Å². The van der Waals surface area contributed by atoms with Gasteiger partial charge in [-0.25, -0.2) is 0 Å². The fraction of sp³-hybridized carbons (Fsp3) is 0.583. The van der Waals surface area contributed by atoms with Gasteiger partial charge in [-0.1, -0.05) is 0 Å². The first-order valence-electron chi connectivity index (χ1n) is 5.37. The van der Waals surface area contributed by atoms with Crippen LogP contribution in [0.1, 0.15) is 31.0 Å². The standard InChI is InChI=1S/C12H18N2O/c1-9-6-11(15-3)10(7-13-9)8-14-12(2)4-5-12/h6-7,14H,4-5,8H2,1-3H3. The van der Waals surface area contributed by atoms with Crippen molar-refractivity contribution in [2.24, 2.45) is 0 Å². The van der Waals surface area contributed by atoms with Gasteiger partial charge in [-0.15, -0.1) is 0 Å². The third kappa shape index (κ3) is 2.48. The summed E-state index contributed by atoms with van der Waals surface area (Å²) >= 11 is 0. The molecule has 1 fully saturated rings. The highest BCUT2D eigenvalue weighted by molar-refractivity contribution is 5.32. The van der Waals surface area contributed by atoms with E-state index in [0.717, 1.165) is 23.6 Å². The van der Waals surface area contributed by atoms with Crippen LogP contribution in [-0.4, -0.2) is 17.6 Å². The lowest BCUT2D eigenvalue weighted by Gasteiger charge is -2.13. The first-order valence-corrected chi connectivity index (χ1v) is 5.37. The van der Waals surface area contributed by atoms with E-state index in [9.17, 15) is 0 Å². The topological polar surface area (TPSA) is 34.1 Å². The second kappa shape index (κ2) is 3.81. The molecule has 0 aromatic carbocycles. The molecule has 0 radical (unpaired) electrons. The Hall–Kier alpha value is -1.09. The molecular weight excluding hydrogens is 188 g/mol. The number of rotatable bonds is 4. The van der Waals surface area contributed by atoms with Crippen molar-refractivity contribution in [3.8, 4) is 5.75 Å². The summed E-state index contributed by atoms with van der Waals surface area (Å²) in [5.74, 6) is 0.930. The fourth-order valence-electron chi connectivity index (χ4n) is 1.56. The first kappa shape index (κ1) is 10.4. The van der Waals surface area contributed by atoms with Crippen LogP contribution in [0.3, 0.4) is 0 Å². The maximum Gasteiger partial charge on any atom is 0.126 e. The highest BCUT2D eigenvalue weighted by atomic mass is 16.5. The van der Waals surface area contributed by atoms with Gasteiger partial charge in [0.15, 0.2) is 0 Å². The van der Waals surface area contributed by atoms with Gasteiger partial charge in [0, 0.05) is 35.6 Å². The summed E-state index contributed by atoms with van der Waals surface area (Å²) in [6.45, 7) is 5.07. The second-order valence-electron chi connectivity index (χ2n) is 4.55. The number of nitrogens with one attached hydrogen (secondary N) is 1. The number of aryl methyl sites for hydroxylation is 1. The van der Waals surface area contributed by atoms with Crippen LogP contribution in [0.5, 0.6) is 5.75 Å². The summed E-state index contributed by atoms with van der Waals surface area (Å²) in [5.41, 5.74) is 2.49. The van der Waals surface area contributed by atoms with Crippen LogP contribution in [0.2, 0.25) is 0 Å². The quantitative estimate of drug-likeness (QED) is 0.818. The van der Waals surface area contributed by atoms with Crippen molar-refractivity contribution in [1.29, 1.82) is 0 Å². The number of ether oxygens (including phenoxy) is 1. The highest BCUT2D eigenvalue weighted by Gasteiger charge is 2.36. The Kier molecular flexibility index (Phi) is 2.65. The van der Waals surface area contributed by atoms with Gasteiger partial charge < -0.3 is 10.1 Å². The fourth-order valence-corrected chi connectivity index (χ4v) is 1.56. The van der Waals surface area contributed by atoms with Gasteiger partial charge in [0.2, 0.25) is 0 Å². The van der Waals surface area contributed by atoms with E-state index in [-0.39, 0.29) is 0 Å². The minimum absolute atomic E-state index is 0.357. The Balaban J connectivity index is 2.06. The Labute approximate surface area is 90.9 Å². The van der Waals surface area contributed by atoms with E-state index in [2.05, 4.69) is 17.2 Å². The smallest absolute Gasteiger partial charge is 0.126 e. The summed E-state index contributed by atoms with van der Waals surface area (Å²) in [7, 11) is 1.71. The molecule has 0 aliphatic heterocycles. The van der Waals surface area contributed by atoms with E-state index in [0.29, 0.717) is 5.54 Å². The summed E-state index contributed by atoms with van der Waals surface area (Å²) < 4.78 is 5.33. The van der Waals surface area contributed by atoms with Crippen molar-refractivity contribution in [2.45, 2.75) is 38.8 Å². The lowest BCUT2D eigenvalue weighted by Crippen LogP contribution is -2.27. The van der Waals surface area contributed by atoms with E-state index in [1.807, 2.05) is 19.2 Å². The zero-order valence-electron chi connectivity index (χ0n) is 9.63. The Morgan fingerprint density at radius 3 is 2.87 bits per heavy atom. The minimum Gasteiger partial charge on any atom is -0.496 e. The zero-order valence-corrected chi connectivity index (χ0v) is 9.63. The predicted octanol–water partition coefficient (Wildman–Crippen LogP) is 2.04. The monoisotopic (exact) mass is 206 g/mol. The predicted molar refractivity (Wildman–Crippen MR) is 60.0 cm³/mol. The molecule has 3 nitrogen and oxygen atoms in total. The Morgan fingerprint density at radius 2 is 2.27 bits per heavy atom. The number of hydrogen-bond acceptors (Lipinski definition) is 3. The first-order chi connectivity index (χ1) is 7.13. The van der Waals surface area contributed by atoms with Crippen molar-refractivity contribution in [3.63, 3.8) is 0 Å². The second-order valence-corrected chi connectivity index (χ2v) is 4.55. The van der Waals surface area contributed by atoms with Gasteiger partial charge in [-0.05, 0) is 26.7 Å². The van der Waals surface area contributed by atoms with E-state index >= 15 is 0 Å². The summed E-state index contributed by atoms with van der Waals surface area (Å²) in [6.07, 6.45) is 4.44. The molecule has 82 valence electrons. The normalized spacial score (nSPS) is 17.5. The molecular formula is C12H18N2O. The molecule has 1 aromatic heterocycles. The molecule has 0 atom stereocenters. The van der Waals surface area contributed by atoms with Crippen LogP contribution >= 0.6 is 0 Å². The third-order valence-electron chi connectivity index (χ3n) is 3.01. The van der Waals surface area contributed by atoms with E-state index in [1.165, 1.54) is 12.8 Å². The zero-order chi connectivity index (χ0) is 10.9. The van der Waals surface area contributed by atoms with E-state index in [4.69, 9.17) is 4.74 Å². The summed E-state index contributed by atoms with van der Waals surface area (Å²) in [6, 6.07) is 1.98. The molecule has 1 heterocycles. The average Bonchev–Trinajstić information content (AvgIpc) is 2.95. The van der Waals surface area contributed by atoms with Crippen LogP contribution < -0.4 is 10.1 Å². The van der Waals surface area contributed by atoms with Gasteiger partial charge in [0.1, 0.15) is 5.75 Å². The molecule has 1 saturated carbocycles. The molecule has 0 spiro atoms. The van der Waals surface area contributed by atoms with Crippen LogP contribution in [-0.2, 0) is 6.54 Å². The van der Waals surface area contributed by atoms with Crippen molar-refractivity contribution in [2.75, 3.05) is 7.11 Å².